The summed E-state index contributed by atoms with van der Waals surface area (Å²) in [6.07, 6.45) is -6.98. The van der Waals surface area contributed by atoms with E-state index in [4.69, 9.17) is 5.11 Å². The lowest BCUT2D eigenvalue weighted by Crippen LogP contribution is -2.18. The molecule has 0 bridgehead atoms. The van der Waals surface area contributed by atoms with E-state index in [1.165, 1.54) is 6.92 Å². The number of alkyl halides is 3. The zero-order valence-electron chi connectivity index (χ0n) is 6.07. The molecule has 4 heteroatoms. The minimum Gasteiger partial charge on any atom is -0.392 e. The molecule has 0 fully saturated rings. The smallest absolute Gasteiger partial charge is 0.391 e. The predicted molar refractivity (Wildman–Crippen MR) is 34.7 cm³/mol. The van der Waals surface area contributed by atoms with Crippen molar-refractivity contribution in [2.24, 2.45) is 0 Å². The van der Waals surface area contributed by atoms with E-state index in [0.29, 0.717) is 0 Å². The molecule has 0 aliphatic rings. The quantitative estimate of drug-likeness (QED) is 0.619. The number of halogens is 3. The largest absolute Gasteiger partial charge is 0.392 e. The van der Waals surface area contributed by atoms with Crippen molar-refractivity contribution in [2.45, 2.75) is 32.0 Å². The van der Waals surface area contributed by atoms with Gasteiger partial charge in [-0.25, -0.2) is 0 Å². The Kier molecular flexibility index (Phi) is 3.98. The van der Waals surface area contributed by atoms with Gasteiger partial charge in [-0.1, -0.05) is 0 Å². The van der Waals surface area contributed by atoms with Gasteiger partial charge >= 0.3 is 6.18 Å². The van der Waals surface area contributed by atoms with Gasteiger partial charge in [0.2, 0.25) is 0 Å². The van der Waals surface area contributed by atoms with Gasteiger partial charge in [0, 0.05) is 6.42 Å². The van der Waals surface area contributed by atoms with Crippen LogP contribution in [0.15, 0.2) is 0 Å². The van der Waals surface area contributed by atoms with Crippen molar-refractivity contribution in [3.63, 3.8) is 0 Å². The molecule has 0 aromatic carbocycles. The third-order valence-corrected chi connectivity index (χ3v) is 0.982. The number of hydrogen-bond donors (Lipinski definition) is 1. The van der Waals surface area contributed by atoms with Crippen LogP contribution in [-0.2, 0) is 0 Å². The highest BCUT2D eigenvalue weighted by Crippen LogP contribution is 2.22. The Morgan fingerprint density at radius 3 is 2.36 bits per heavy atom. The van der Waals surface area contributed by atoms with Gasteiger partial charge in [0.25, 0.3) is 0 Å². The van der Waals surface area contributed by atoms with Crippen LogP contribution in [-0.4, -0.2) is 17.4 Å². The zero-order valence-corrected chi connectivity index (χ0v) is 6.07. The standard InChI is InChI=1S/C7H9F3O/c1-2-3-4-6(11)5-7(8,9)10/h6,11H,4-5H2,1H3. The van der Waals surface area contributed by atoms with Gasteiger partial charge < -0.3 is 5.11 Å². The average Bonchev–Trinajstić information content (AvgIpc) is 1.79. The van der Waals surface area contributed by atoms with Gasteiger partial charge in [-0.15, -0.1) is 11.8 Å². The molecule has 0 aromatic heterocycles. The predicted octanol–water partition coefficient (Wildman–Crippen LogP) is 1.71. The fourth-order valence-corrected chi connectivity index (χ4v) is 0.559. The normalized spacial score (nSPS) is 13.5. The molecule has 0 aliphatic carbocycles. The maximum atomic E-state index is 11.5. The molecule has 0 saturated carbocycles. The van der Waals surface area contributed by atoms with E-state index in [9.17, 15) is 13.2 Å². The van der Waals surface area contributed by atoms with Gasteiger partial charge in [0.15, 0.2) is 0 Å². The number of aliphatic hydroxyl groups excluding tert-OH is 1. The summed E-state index contributed by atoms with van der Waals surface area (Å²) in [5.41, 5.74) is 0. The van der Waals surface area contributed by atoms with Crippen molar-refractivity contribution in [3.8, 4) is 11.8 Å². The minimum atomic E-state index is -4.30. The van der Waals surface area contributed by atoms with E-state index in [2.05, 4.69) is 11.8 Å². The summed E-state index contributed by atoms with van der Waals surface area (Å²) in [6.45, 7) is 1.51. The lowest BCUT2D eigenvalue weighted by atomic mass is 10.2. The Hall–Kier alpha value is -0.690. The van der Waals surface area contributed by atoms with Crippen LogP contribution in [0, 0.1) is 11.8 Å². The molecule has 0 saturated heterocycles. The van der Waals surface area contributed by atoms with E-state index in [1.54, 1.807) is 0 Å². The topological polar surface area (TPSA) is 20.2 Å². The fraction of sp³-hybridized carbons (Fsp3) is 0.714. The molecule has 0 radical (unpaired) electrons. The molecule has 0 heterocycles. The monoisotopic (exact) mass is 166 g/mol. The van der Waals surface area contributed by atoms with Crippen LogP contribution in [0.3, 0.4) is 0 Å². The second-order valence-corrected chi connectivity index (χ2v) is 2.10. The first-order valence-electron chi connectivity index (χ1n) is 3.10. The number of rotatable bonds is 2. The van der Waals surface area contributed by atoms with Crippen molar-refractivity contribution >= 4 is 0 Å². The Balaban J connectivity index is 3.66. The lowest BCUT2D eigenvalue weighted by Gasteiger charge is -2.09. The van der Waals surface area contributed by atoms with E-state index >= 15 is 0 Å². The summed E-state index contributed by atoms with van der Waals surface area (Å²) in [5.74, 6) is 4.78. The van der Waals surface area contributed by atoms with E-state index in [-0.39, 0.29) is 6.42 Å². The van der Waals surface area contributed by atoms with Crippen LogP contribution in [0.1, 0.15) is 19.8 Å². The van der Waals surface area contributed by atoms with E-state index in [0.717, 1.165) is 0 Å². The second kappa shape index (κ2) is 4.24. The van der Waals surface area contributed by atoms with Crippen LogP contribution >= 0.6 is 0 Å². The Morgan fingerprint density at radius 2 is 2.00 bits per heavy atom. The molecule has 0 aromatic rings. The summed E-state index contributed by atoms with van der Waals surface area (Å²) in [6, 6.07) is 0. The van der Waals surface area contributed by atoms with E-state index in [1.807, 2.05) is 0 Å². The first-order valence-corrected chi connectivity index (χ1v) is 3.10. The lowest BCUT2D eigenvalue weighted by molar-refractivity contribution is -0.152. The van der Waals surface area contributed by atoms with Gasteiger partial charge in [0.1, 0.15) is 0 Å². The minimum absolute atomic E-state index is 0.115. The summed E-state index contributed by atoms with van der Waals surface area (Å²) in [5, 5.41) is 8.69. The van der Waals surface area contributed by atoms with Gasteiger partial charge in [-0.05, 0) is 6.92 Å². The molecule has 0 rings (SSSR count). The first kappa shape index (κ1) is 10.3. The summed E-state index contributed by atoms with van der Waals surface area (Å²) in [7, 11) is 0. The highest BCUT2D eigenvalue weighted by atomic mass is 19.4. The van der Waals surface area contributed by atoms with E-state index < -0.39 is 18.7 Å². The summed E-state index contributed by atoms with van der Waals surface area (Å²) in [4.78, 5) is 0. The SMILES string of the molecule is CC#CCC(O)CC(F)(F)F. The summed E-state index contributed by atoms with van der Waals surface area (Å²) < 4.78 is 34.6. The second-order valence-electron chi connectivity index (χ2n) is 2.10. The molecule has 0 spiro atoms. The molecular formula is C7H9F3O. The molecule has 0 amide bonds. The molecule has 1 nitrogen and oxygen atoms in total. The van der Waals surface area contributed by atoms with Crippen molar-refractivity contribution in [2.75, 3.05) is 0 Å². The van der Waals surface area contributed by atoms with Crippen molar-refractivity contribution in [1.82, 2.24) is 0 Å². The molecule has 1 atom stereocenters. The van der Waals surface area contributed by atoms with Gasteiger partial charge in [-0.2, -0.15) is 13.2 Å². The Bertz CT molecular complexity index is 163. The number of aliphatic hydroxyl groups is 1. The highest BCUT2D eigenvalue weighted by Gasteiger charge is 2.30. The molecule has 1 unspecified atom stereocenters. The Labute approximate surface area is 63.2 Å². The van der Waals surface area contributed by atoms with Crippen molar-refractivity contribution in [3.05, 3.63) is 0 Å². The molecular weight excluding hydrogens is 157 g/mol. The third-order valence-electron chi connectivity index (χ3n) is 0.982. The highest BCUT2D eigenvalue weighted by molar-refractivity contribution is 4.96. The van der Waals surface area contributed by atoms with Gasteiger partial charge in [-0.3, -0.25) is 0 Å². The third kappa shape index (κ3) is 7.20. The van der Waals surface area contributed by atoms with Crippen LogP contribution in [0.25, 0.3) is 0 Å². The first-order chi connectivity index (χ1) is 4.95. The van der Waals surface area contributed by atoms with Crippen molar-refractivity contribution in [1.29, 1.82) is 0 Å². The van der Waals surface area contributed by atoms with Gasteiger partial charge in [0.05, 0.1) is 12.5 Å². The van der Waals surface area contributed by atoms with Crippen LogP contribution < -0.4 is 0 Å². The van der Waals surface area contributed by atoms with Crippen molar-refractivity contribution < 1.29 is 18.3 Å². The maximum Gasteiger partial charge on any atom is 0.391 e. The molecule has 0 aliphatic heterocycles. The maximum absolute atomic E-state index is 11.5. The fourth-order valence-electron chi connectivity index (χ4n) is 0.559. The molecule has 11 heavy (non-hydrogen) atoms. The Morgan fingerprint density at radius 1 is 1.45 bits per heavy atom. The number of hydrogen-bond acceptors (Lipinski definition) is 1. The summed E-state index contributed by atoms with van der Waals surface area (Å²) >= 11 is 0. The molecule has 1 N–H and O–H groups in total. The molecule has 64 valence electrons. The average molecular weight is 166 g/mol. The van der Waals surface area contributed by atoms with Crippen LogP contribution in [0.4, 0.5) is 13.2 Å². The zero-order chi connectivity index (χ0) is 8.91. The van der Waals surface area contributed by atoms with Crippen LogP contribution in [0.5, 0.6) is 0 Å². The van der Waals surface area contributed by atoms with Crippen LogP contribution in [0.2, 0.25) is 0 Å².